The Morgan fingerprint density at radius 3 is 1.67 bits per heavy atom. The standard InChI is InChI=1S/C38H44NO5P/c40-38(23-15-4-2-1-3-8-16-32-24-26-36(27-25-32)35-21-13-7-14-22-35)39-28-37(29-39)44-45(41,42-30-33-17-9-5-10-18-33)43-31-34-19-11-6-12-20-34/h5-7,9-14,17-22,24-27,37H,1-4,8,15-16,23,28-31H2. The van der Waals surface area contributed by atoms with Gasteiger partial charge < -0.3 is 4.90 Å². The Balaban J connectivity index is 0.945. The van der Waals surface area contributed by atoms with Crippen molar-refractivity contribution in [2.75, 3.05) is 13.1 Å². The number of rotatable bonds is 18. The van der Waals surface area contributed by atoms with Gasteiger partial charge in [-0.2, -0.15) is 0 Å². The zero-order valence-corrected chi connectivity index (χ0v) is 26.9. The summed E-state index contributed by atoms with van der Waals surface area (Å²) in [6.07, 6.45) is 7.94. The van der Waals surface area contributed by atoms with Gasteiger partial charge in [0, 0.05) is 19.5 Å². The van der Waals surface area contributed by atoms with Crippen molar-refractivity contribution in [1.29, 1.82) is 0 Å². The largest absolute Gasteiger partial charge is 0.475 e. The number of hydrogen-bond acceptors (Lipinski definition) is 5. The summed E-state index contributed by atoms with van der Waals surface area (Å²) >= 11 is 0. The van der Waals surface area contributed by atoms with Crippen LogP contribution in [-0.4, -0.2) is 30.0 Å². The molecule has 1 aliphatic heterocycles. The molecule has 0 saturated carbocycles. The molecule has 6 nitrogen and oxygen atoms in total. The molecule has 0 N–H and O–H groups in total. The molecule has 0 bridgehead atoms. The third-order valence-corrected chi connectivity index (χ3v) is 9.56. The van der Waals surface area contributed by atoms with Crippen molar-refractivity contribution in [3.63, 3.8) is 0 Å². The lowest BCUT2D eigenvalue weighted by atomic mass is 10.0. The molecule has 0 aliphatic carbocycles. The zero-order chi connectivity index (χ0) is 31.2. The Morgan fingerprint density at radius 1 is 0.600 bits per heavy atom. The van der Waals surface area contributed by atoms with Gasteiger partial charge in [-0.3, -0.25) is 18.4 Å². The number of phosphoric ester groups is 1. The van der Waals surface area contributed by atoms with E-state index in [1.54, 1.807) is 4.90 Å². The summed E-state index contributed by atoms with van der Waals surface area (Å²) in [5.74, 6) is 0.124. The Morgan fingerprint density at radius 2 is 1.09 bits per heavy atom. The van der Waals surface area contributed by atoms with E-state index in [1.165, 1.54) is 36.0 Å². The first-order valence-corrected chi connectivity index (χ1v) is 17.6. The molecule has 7 heteroatoms. The first kappa shape index (κ1) is 32.8. The third-order valence-electron chi connectivity index (χ3n) is 8.11. The number of aryl methyl sites for hydroxylation is 1. The van der Waals surface area contributed by atoms with Gasteiger partial charge in [-0.1, -0.05) is 141 Å². The zero-order valence-electron chi connectivity index (χ0n) is 26.0. The average molecular weight is 626 g/mol. The van der Waals surface area contributed by atoms with Crippen molar-refractivity contribution < 1.29 is 22.9 Å². The number of benzene rings is 4. The van der Waals surface area contributed by atoms with Crippen LogP contribution < -0.4 is 0 Å². The second-order valence-corrected chi connectivity index (χ2v) is 13.3. The maximum Gasteiger partial charge on any atom is 0.475 e. The van der Waals surface area contributed by atoms with E-state index in [0.717, 1.165) is 36.8 Å². The van der Waals surface area contributed by atoms with E-state index in [0.29, 0.717) is 19.5 Å². The monoisotopic (exact) mass is 625 g/mol. The minimum atomic E-state index is -3.84. The number of carbonyl (C=O) groups is 1. The van der Waals surface area contributed by atoms with Crippen LogP contribution in [0.3, 0.4) is 0 Å². The Labute approximate surface area is 268 Å². The number of unbranched alkanes of at least 4 members (excludes halogenated alkanes) is 5. The summed E-state index contributed by atoms with van der Waals surface area (Å²) < 4.78 is 30.8. The van der Waals surface area contributed by atoms with E-state index in [1.807, 2.05) is 66.7 Å². The van der Waals surface area contributed by atoms with Gasteiger partial charge in [-0.25, -0.2) is 4.57 Å². The van der Waals surface area contributed by atoms with Crippen LogP contribution in [0.2, 0.25) is 0 Å². The lowest BCUT2D eigenvalue weighted by Gasteiger charge is -2.39. The van der Waals surface area contributed by atoms with Crippen molar-refractivity contribution >= 4 is 13.7 Å². The van der Waals surface area contributed by atoms with Crippen molar-refractivity contribution in [3.05, 3.63) is 132 Å². The first-order chi connectivity index (χ1) is 22.1. The smallest absolute Gasteiger partial charge is 0.337 e. The van der Waals surface area contributed by atoms with Gasteiger partial charge in [0.1, 0.15) is 6.10 Å². The van der Waals surface area contributed by atoms with Crippen LogP contribution in [-0.2, 0) is 42.6 Å². The summed E-state index contributed by atoms with van der Waals surface area (Å²) in [6.45, 7) is 1.03. The number of hydrogen-bond donors (Lipinski definition) is 0. The highest BCUT2D eigenvalue weighted by molar-refractivity contribution is 7.48. The summed E-state index contributed by atoms with van der Waals surface area (Å²) in [7, 11) is -3.84. The van der Waals surface area contributed by atoms with Crippen LogP contribution >= 0.6 is 7.82 Å². The highest BCUT2D eigenvalue weighted by atomic mass is 31.2. The molecule has 1 heterocycles. The van der Waals surface area contributed by atoms with Crippen molar-refractivity contribution in [2.45, 2.75) is 70.7 Å². The molecule has 1 amide bonds. The average Bonchev–Trinajstić information content (AvgIpc) is 3.07. The fraction of sp³-hybridized carbons (Fsp3) is 0.342. The molecule has 236 valence electrons. The predicted octanol–water partition coefficient (Wildman–Crippen LogP) is 9.40. The van der Waals surface area contributed by atoms with Crippen molar-refractivity contribution in [2.24, 2.45) is 0 Å². The van der Waals surface area contributed by atoms with Gasteiger partial charge in [0.05, 0.1) is 13.2 Å². The molecule has 0 atom stereocenters. The van der Waals surface area contributed by atoms with Crippen molar-refractivity contribution in [1.82, 2.24) is 4.90 Å². The summed E-state index contributed by atoms with van der Waals surface area (Å²) in [4.78, 5) is 14.5. The molecule has 4 aromatic rings. The number of amides is 1. The summed E-state index contributed by atoms with van der Waals surface area (Å²) in [5.41, 5.74) is 5.66. The minimum Gasteiger partial charge on any atom is -0.337 e. The number of phosphoric acid groups is 1. The molecule has 0 unspecified atom stereocenters. The van der Waals surface area contributed by atoms with Gasteiger partial charge in [0.15, 0.2) is 0 Å². The van der Waals surface area contributed by atoms with E-state index in [4.69, 9.17) is 13.6 Å². The van der Waals surface area contributed by atoms with E-state index in [9.17, 15) is 9.36 Å². The topological polar surface area (TPSA) is 65.1 Å². The Kier molecular flexibility index (Phi) is 12.6. The van der Waals surface area contributed by atoms with Crippen LogP contribution in [0.1, 0.15) is 61.6 Å². The number of carbonyl (C=O) groups excluding carboxylic acids is 1. The van der Waals surface area contributed by atoms with E-state index in [2.05, 4.69) is 48.5 Å². The molecule has 1 aliphatic rings. The molecule has 1 saturated heterocycles. The van der Waals surface area contributed by atoms with Gasteiger partial charge >= 0.3 is 7.82 Å². The highest BCUT2D eigenvalue weighted by Gasteiger charge is 2.39. The van der Waals surface area contributed by atoms with Crippen molar-refractivity contribution in [3.8, 4) is 11.1 Å². The second kappa shape index (κ2) is 17.2. The molecule has 4 aromatic carbocycles. The molecule has 45 heavy (non-hydrogen) atoms. The molecular formula is C38H44NO5P. The normalized spacial score (nSPS) is 13.5. The Hall–Kier alpha value is -3.54. The fourth-order valence-electron chi connectivity index (χ4n) is 5.41. The summed E-state index contributed by atoms with van der Waals surface area (Å²) in [5, 5.41) is 0. The van der Waals surface area contributed by atoms with Crippen LogP contribution in [0.25, 0.3) is 11.1 Å². The molecular weight excluding hydrogens is 581 g/mol. The van der Waals surface area contributed by atoms with Crippen LogP contribution in [0, 0.1) is 0 Å². The lowest BCUT2D eigenvalue weighted by Crippen LogP contribution is -2.54. The number of likely N-dealkylation sites (tertiary alicyclic amines) is 1. The lowest BCUT2D eigenvalue weighted by molar-refractivity contribution is -0.141. The van der Waals surface area contributed by atoms with Gasteiger partial charge in [0.25, 0.3) is 0 Å². The quantitative estimate of drug-likeness (QED) is 0.0814. The second-order valence-electron chi connectivity index (χ2n) is 11.7. The highest BCUT2D eigenvalue weighted by Crippen LogP contribution is 2.53. The summed E-state index contributed by atoms with van der Waals surface area (Å²) in [6, 6.07) is 38.4. The van der Waals surface area contributed by atoms with Crippen LogP contribution in [0.5, 0.6) is 0 Å². The minimum absolute atomic E-state index is 0.115. The van der Waals surface area contributed by atoms with E-state index >= 15 is 0 Å². The van der Waals surface area contributed by atoms with Crippen LogP contribution in [0.4, 0.5) is 0 Å². The molecule has 1 fully saturated rings. The van der Waals surface area contributed by atoms with E-state index < -0.39 is 7.82 Å². The SMILES string of the molecule is O=C(CCCCCCCCc1ccc(-c2ccccc2)cc1)N1CC(OP(=O)(OCc2ccccc2)OCc2ccccc2)C1. The van der Waals surface area contributed by atoms with Gasteiger partial charge in [-0.15, -0.1) is 0 Å². The molecule has 0 spiro atoms. The van der Waals surface area contributed by atoms with Crippen LogP contribution in [0.15, 0.2) is 115 Å². The Bertz CT molecular complexity index is 1430. The molecule has 0 aromatic heterocycles. The maximum atomic E-state index is 13.5. The van der Waals surface area contributed by atoms with E-state index in [-0.39, 0.29) is 25.2 Å². The first-order valence-electron chi connectivity index (χ1n) is 16.1. The van der Waals surface area contributed by atoms with Gasteiger partial charge in [-0.05, 0) is 47.1 Å². The third kappa shape index (κ3) is 10.8. The van der Waals surface area contributed by atoms with Gasteiger partial charge in [0.2, 0.25) is 5.91 Å². The predicted molar refractivity (Wildman–Crippen MR) is 179 cm³/mol. The fourth-order valence-corrected chi connectivity index (χ4v) is 6.72. The molecule has 5 rings (SSSR count). The maximum absolute atomic E-state index is 13.5. The number of nitrogens with zero attached hydrogens (tertiary/aromatic N) is 1. The molecule has 0 radical (unpaired) electrons.